The summed E-state index contributed by atoms with van der Waals surface area (Å²) in [7, 11) is -0.747. The van der Waals surface area contributed by atoms with Crippen molar-refractivity contribution in [1.29, 1.82) is 0 Å². The maximum absolute atomic E-state index is 12.2. The average Bonchev–Trinajstić information content (AvgIpc) is 2.56. The van der Waals surface area contributed by atoms with Gasteiger partial charge >= 0.3 is 13.3 Å². The van der Waals surface area contributed by atoms with Gasteiger partial charge in [0.05, 0.1) is 11.2 Å². The molecule has 0 spiro atoms. The summed E-state index contributed by atoms with van der Waals surface area (Å²) in [5.41, 5.74) is -0.686. The zero-order valence-electron chi connectivity index (χ0n) is 12.6. The van der Waals surface area contributed by atoms with Gasteiger partial charge in [0.1, 0.15) is 0 Å². The number of hydrogen-bond acceptors (Lipinski definition) is 4. The molecule has 0 saturated carbocycles. The van der Waals surface area contributed by atoms with Crippen molar-refractivity contribution in [2.24, 2.45) is 0 Å². The minimum Gasteiger partial charge on any atom is -0.481 e. The van der Waals surface area contributed by atoms with Crippen molar-refractivity contribution in [1.82, 2.24) is 4.98 Å². The molecule has 0 aliphatic carbocycles. The lowest BCUT2D eigenvalue weighted by atomic mass is 9.80. The van der Waals surface area contributed by atoms with Gasteiger partial charge in [-0.1, -0.05) is 11.6 Å². The SMILES string of the molecule is CC1(C)OB(c2cnc(Cl)c(OCC(F)(F)F)c2)OC1(C)C. The molecule has 2 heterocycles. The van der Waals surface area contributed by atoms with Gasteiger partial charge < -0.3 is 14.0 Å². The highest BCUT2D eigenvalue weighted by molar-refractivity contribution is 6.62. The predicted molar refractivity (Wildman–Crippen MR) is 76.5 cm³/mol. The monoisotopic (exact) mass is 337 g/mol. The van der Waals surface area contributed by atoms with Crippen LogP contribution in [0.2, 0.25) is 5.15 Å². The molecule has 1 aromatic heterocycles. The van der Waals surface area contributed by atoms with Gasteiger partial charge in [0.2, 0.25) is 0 Å². The molecule has 0 unspecified atom stereocenters. The Morgan fingerprint density at radius 2 is 1.77 bits per heavy atom. The van der Waals surface area contributed by atoms with Crippen molar-refractivity contribution in [2.45, 2.75) is 45.1 Å². The molecule has 0 amide bonds. The quantitative estimate of drug-likeness (QED) is 0.628. The van der Waals surface area contributed by atoms with Crippen molar-refractivity contribution >= 4 is 24.2 Å². The van der Waals surface area contributed by atoms with Gasteiger partial charge in [-0.25, -0.2) is 4.98 Å². The first-order chi connectivity index (χ1) is 9.91. The summed E-state index contributed by atoms with van der Waals surface area (Å²) in [4.78, 5) is 3.83. The van der Waals surface area contributed by atoms with Crippen molar-refractivity contribution < 1.29 is 27.2 Å². The van der Waals surface area contributed by atoms with E-state index >= 15 is 0 Å². The second-order valence-corrected chi connectivity index (χ2v) is 6.41. The first-order valence-corrected chi connectivity index (χ1v) is 7.00. The molecule has 1 aliphatic rings. The summed E-state index contributed by atoms with van der Waals surface area (Å²) < 4.78 is 53.0. The summed E-state index contributed by atoms with van der Waals surface area (Å²) in [6, 6.07) is 1.35. The Hall–Kier alpha value is -0.985. The predicted octanol–water partition coefficient (Wildman–Crippen LogP) is 2.98. The van der Waals surface area contributed by atoms with E-state index in [0.29, 0.717) is 5.46 Å². The van der Waals surface area contributed by atoms with Crippen LogP contribution in [0.25, 0.3) is 0 Å². The zero-order valence-corrected chi connectivity index (χ0v) is 13.4. The molecule has 0 bridgehead atoms. The Balaban J connectivity index is 2.20. The Kier molecular flexibility index (Phi) is 4.41. The lowest BCUT2D eigenvalue weighted by molar-refractivity contribution is -0.153. The normalized spacial score (nSPS) is 20.3. The third kappa shape index (κ3) is 3.67. The Morgan fingerprint density at radius 3 is 2.27 bits per heavy atom. The smallest absolute Gasteiger partial charge is 0.481 e. The molecule has 0 radical (unpaired) electrons. The van der Waals surface area contributed by atoms with E-state index in [-0.39, 0.29) is 10.9 Å². The third-order valence-electron chi connectivity index (χ3n) is 3.74. The van der Waals surface area contributed by atoms with Gasteiger partial charge in [0.25, 0.3) is 0 Å². The van der Waals surface area contributed by atoms with E-state index in [2.05, 4.69) is 9.72 Å². The molecule has 0 aromatic carbocycles. The number of alkyl halides is 3. The standard InChI is InChI=1S/C13H16BClF3NO3/c1-11(2)12(3,4)22-14(21-11)8-5-9(10(15)19-6-8)20-7-13(16,17)18/h5-6H,7H2,1-4H3. The van der Waals surface area contributed by atoms with E-state index in [4.69, 9.17) is 20.9 Å². The number of aromatic nitrogens is 1. The maximum Gasteiger partial charge on any atom is 0.496 e. The second-order valence-electron chi connectivity index (χ2n) is 6.05. The van der Waals surface area contributed by atoms with Crippen LogP contribution in [0.5, 0.6) is 5.75 Å². The number of ether oxygens (including phenoxy) is 1. The van der Waals surface area contributed by atoms with Crippen LogP contribution < -0.4 is 10.2 Å². The van der Waals surface area contributed by atoms with Crippen molar-refractivity contribution in [3.05, 3.63) is 17.4 Å². The number of pyridine rings is 1. The topological polar surface area (TPSA) is 40.6 Å². The molecule has 1 fully saturated rings. The fraction of sp³-hybridized carbons (Fsp3) is 0.615. The summed E-state index contributed by atoms with van der Waals surface area (Å²) in [5.74, 6) is -0.161. The van der Waals surface area contributed by atoms with Gasteiger partial charge in [0, 0.05) is 11.7 Å². The van der Waals surface area contributed by atoms with Crippen LogP contribution in [0.15, 0.2) is 12.3 Å². The fourth-order valence-corrected chi connectivity index (χ4v) is 1.97. The lowest BCUT2D eigenvalue weighted by Crippen LogP contribution is -2.41. The van der Waals surface area contributed by atoms with Gasteiger partial charge in [-0.05, 0) is 33.8 Å². The van der Waals surface area contributed by atoms with Crippen molar-refractivity contribution in [3.63, 3.8) is 0 Å². The van der Waals surface area contributed by atoms with E-state index in [1.54, 1.807) is 0 Å². The molecule has 9 heteroatoms. The molecule has 4 nitrogen and oxygen atoms in total. The molecular weight excluding hydrogens is 321 g/mol. The Bertz CT molecular complexity index is 550. The van der Waals surface area contributed by atoms with Gasteiger partial charge in [-0.15, -0.1) is 0 Å². The van der Waals surface area contributed by atoms with Gasteiger partial charge in [-0.3, -0.25) is 0 Å². The summed E-state index contributed by atoms with van der Waals surface area (Å²) in [6.07, 6.45) is -3.06. The Morgan fingerprint density at radius 1 is 1.23 bits per heavy atom. The Labute approximate surface area is 132 Å². The molecular formula is C13H16BClF3NO3. The summed E-state index contributed by atoms with van der Waals surface area (Å²) >= 11 is 5.76. The van der Waals surface area contributed by atoms with Gasteiger partial charge in [-0.2, -0.15) is 13.2 Å². The number of nitrogens with zero attached hydrogens (tertiary/aromatic N) is 1. The van der Waals surface area contributed by atoms with E-state index < -0.39 is 31.1 Å². The molecule has 1 saturated heterocycles. The third-order valence-corrected chi connectivity index (χ3v) is 4.03. The van der Waals surface area contributed by atoms with Crippen LogP contribution in [0.3, 0.4) is 0 Å². The van der Waals surface area contributed by atoms with Crippen LogP contribution >= 0.6 is 11.6 Å². The van der Waals surface area contributed by atoms with Crippen LogP contribution in [0, 0.1) is 0 Å². The maximum atomic E-state index is 12.2. The van der Waals surface area contributed by atoms with Crippen LogP contribution in [-0.2, 0) is 9.31 Å². The van der Waals surface area contributed by atoms with Crippen molar-refractivity contribution in [3.8, 4) is 5.75 Å². The first kappa shape index (κ1) is 17.4. The van der Waals surface area contributed by atoms with Crippen LogP contribution in [-0.4, -0.2) is 36.1 Å². The molecule has 1 aromatic rings. The average molecular weight is 338 g/mol. The number of hydrogen-bond donors (Lipinski definition) is 0. The largest absolute Gasteiger partial charge is 0.496 e. The zero-order chi connectivity index (χ0) is 16.8. The second kappa shape index (κ2) is 5.58. The van der Waals surface area contributed by atoms with Crippen LogP contribution in [0.1, 0.15) is 27.7 Å². The highest BCUT2D eigenvalue weighted by atomic mass is 35.5. The summed E-state index contributed by atoms with van der Waals surface area (Å²) in [5, 5.41) is -0.149. The lowest BCUT2D eigenvalue weighted by Gasteiger charge is -2.32. The molecule has 2 rings (SSSR count). The minimum absolute atomic E-state index is 0.149. The summed E-state index contributed by atoms with van der Waals surface area (Å²) in [6.45, 7) is 6.05. The highest BCUT2D eigenvalue weighted by Gasteiger charge is 2.52. The fourth-order valence-electron chi connectivity index (χ4n) is 1.81. The van der Waals surface area contributed by atoms with E-state index in [1.165, 1.54) is 12.3 Å². The molecule has 122 valence electrons. The first-order valence-electron chi connectivity index (χ1n) is 6.62. The van der Waals surface area contributed by atoms with E-state index in [9.17, 15) is 13.2 Å². The minimum atomic E-state index is -4.45. The van der Waals surface area contributed by atoms with Crippen LogP contribution in [0.4, 0.5) is 13.2 Å². The number of rotatable bonds is 3. The number of halogens is 4. The van der Waals surface area contributed by atoms with E-state index in [0.717, 1.165) is 0 Å². The molecule has 0 N–H and O–H groups in total. The molecule has 1 aliphatic heterocycles. The van der Waals surface area contributed by atoms with E-state index in [1.807, 2.05) is 27.7 Å². The molecule has 0 atom stereocenters. The van der Waals surface area contributed by atoms with Crippen molar-refractivity contribution in [2.75, 3.05) is 6.61 Å². The van der Waals surface area contributed by atoms with Gasteiger partial charge in [0.15, 0.2) is 17.5 Å². The molecule has 22 heavy (non-hydrogen) atoms. The highest BCUT2D eigenvalue weighted by Crippen LogP contribution is 2.36.